The Balaban J connectivity index is 2.38. The number of piperidine rings is 1. The first kappa shape index (κ1) is 8.56. The van der Waals surface area contributed by atoms with Crippen LogP contribution in [0.25, 0.3) is 0 Å². The van der Waals surface area contributed by atoms with E-state index in [1.807, 2.05) is 0 Å². The zero-order valence-electron chi connectivity index (χ0n) is 6.71. The van der Waals surface area contributed by atoms with Crippen molar-refractivity contribution in [2.75, 3.05) is 13.1 Å². The fourth-order valence-electron chi connectivity index (χ4n) is 1.45. The quantitative estimate of drug-likeness (QED) is 0.520. The van der Waals surface area contributed by atoms with Crippen LogP contribution in [0.5, 0.6) is 0 Å². The number of nitrogens with one attached hydrogen (secondary N) is 1. The van der Waals surface area contributed by atoms with E-state index in [9.17, 15) is 5.11 Å². The Labute approximate surface area is 67.3 Å². The zero-order valence-corrected chi connectivity index (χ0v) is 6.71. The van der Waals surface area contributed by atoms with Crippen molar-refractivity contribution in [1.29, 1.82) is 0 Å². The Kier molecular flexibility index (Phi) is 2.91. The molecular weight excluding hydrogens is 140 g/mol. The lowest BCUT2D eigenvalue weighted by Gasteiger charge is -2.27. The van der Waals surface area contributed by atoms with Gasteiger partial charge in [-0.1, -0.05) is 6.58 Å². The summed E-state index contributed by atoms with van der Waals surface area (Å²) in [6.45, 7) is 5.44. The highest BCUT2D eigenvalue weighted by atomic mass is 16.3. The first-order valence-corrected chi connectivity index (χ1v) is 4.05. The van der Waals surface area contributed by atoms with Crippen LogP contribution in [0, 0.1) is 5.92 Å². The van der Waals surface area contributed by atoms with Crippen molar-refractivity contribution in [3.63, 3.8) is 0 Å². The molecule has 1 aliphatic heterocycles. The smallest absolute Gasteiger partial charge is 0.0966 e. The average molecular weight is 156 g/mol. The topological polar surface area (TPSA) is 58.3 Å². The van der Waals surface area contributed by atoms with Crippen LogP contribution < -0.4 is 11.1 Å². The molecule has 0 amide bonds. The molecule has 2 unspecified atom stereocenters. The van der Waals surface area contributed by atoms with E-state index in [1.54, 1.807) is 0 Å². The molecule has 0 radical (unpaired) electrons. The Morgan fingerprint density at radius 2 is 2.45 bits per heavy atom. The number of aliphatic hydroxyl groups is 1. The lowest BCUT2D eigenvalue weighted by atomic mass is 9.92. The van der Waals surface area contributed by atoms with Gasteiger partial charge in [0.15, 0.2) is 0 Å². The second-order valence-electron chi connectivity index (χ2n) is 3.13. The zero-order chi connectivity index (χ0) is 8.27. The summed E-state index contributed by atoms with van der Waals surface area (Å²) in [5, 5.41) is 12.7. The van der Waals surface area contributed by atoms with E-state index in [0.29, 0.717) is 5.70 Å². The van der Waals surface area contributed by atoms with Crippen molar-refractivity contribution in [2.24, 2.45) is 11.7 Å². The van der Waals surface area contributed by atoms with Crippen LogP contribution in [-0.2, 0) is 0 Å². The van der Waals surface area contributed by atoms with Crippen molar-refractivity contribution in [3.8, 4) is 0 Å². The SMILES string of the molecule is C=C(N)C(O)C1CCCNC1. The first-order valence-electron chi connectivity index (χ1n) is 4.05. The number of hydrogen-bond acceptors (Lipinski definition) is 3. The maximum Gasteiger partial charge on any atom is 0.0966 e. The Hall–Kier alpha value is -0.540. The molecule has 1 saturated heterocycles. The second kappa shape index (κ2) is 3.74. The van der Waals surface area contributed by atoms with E-state index in [-0.39, 0.29) is 5.92 Å². The van der Waals surface area contributed by atoms with Crippen molar-refractivity contribution >= 4 is 0 Å². The first-order chi connectivity index (χ1) is 5.22. The van der Waals surface area contributed by atoms with E-state index in [0.717, 1.165) is 25.9 Å². The van der Waals surface area contributed by atoms with E-state index in [4.69, 9.17) is 5.73 Å². The van der Waals surface area contributed by atoms with Crippen molar-refractivity contribution in [3.05, 3.63) is 12.3 Å². The molecule has 0 aliphatic carbocycles. The van der Waals surface area contributed by atoms with Gasteiger partial charge in [-0.25, -0.2) is 0 Å². The highest BCUT2D eigenvalue weighted by molar-refractivity contribution is 4.99. The molecule has 0 aromatic heterocycles. The minimum atomic E-state index is -0.525. The molecule has 1 aliphatic rings. The molecule has 3 nitrogen and oxygen atoms in total. The third-order valence-corrected chi connectivity index (χ3v) is 2.16. The van der Waals surface area contributed by atoms with E-state index in [1.165, 1.54) is 0 Å². The minimum Gasteiger partial charge on any atom is -0.400 e. The number of rotatable bonds is 2. The molecule has 1 heterocycles. The monoisotopic (exact) mass is 156 g/mol. The molecule has 3 heteroatoms. The molecule has 0 aromatic carbocycles. The summed E-state index contributed by atoms with van der Waals surface area (Å²) in [5.41, 5.74) is 5.78. The van der Waals surface area contributed by atoms with Crippen LogP contribution in [0.1, 0.15) is 12.8 Å². The summed E-state index contributed by atoms with van der Waals surface area (Å²) >= 11 is 0. The predicted octanol–water partition coefficient (Wildman–Crippen LogP) is -0.181. The predicted molar refractivity (Wildman–Crippen MR) is 44.9 cm³/mol. The van der Waals surface area contributed by atoms with Gasteiger partial charge in [0.25, 0.3) is 0 Å². The molecule has 11 heavy (non-hydrogen) atoms. The minimum absolute atomic E-state index is 0.265. The van der Waals surface area contributed by atoms with Gasteiger partial charge >= 0.3 is 0 Å². The van der Waals surface area contributed by atoms with Crippen LogP contribution in [-0.4, -0.2) is 24.3 Å². The van der Waals surface area contributed by atoms with Crippen LogP contribution in [0.15, 0.2) is 12.3 Å². The third-order valence-electron chi connectivity index (χ3n) is 2.16. The van der Waals surface area contributed by atoms with Gasteiger partial charge < -0.3 is 16.2 Å². The summed E-state index contributed by atoms with van der Waals surface area (Å²) < 4.78 is 0. The maximum atomic E-state index is 9.49. The van der Waals surface area contributed by atoms with Crippen molar-refractivity contribution in [1.82, 2.24) is 5.32 Å². The Morgan fingerprint density at radius 1 is 1.73 bits per heavy atom. The summed E-state index contributed by atoms with van der Waals surface area (Å²) in [6.07, 6.45) is 1.64. The number of aliphatic hydroxyl groups excluding tert-OH is 1. The Bertz CT molecular complexity index is 141. The van der Waals surface area contributed by atoms with Gasteiger partial charge in [-0.3, -0.25) is 0 Å². The highest BCUT2D eigenvalue weighted by Crippen LogP contribution is 2.16. The molecule has 0 aromatic rings. The van der Waals surface area contributed by atoms with Gasteiger partial charge in [0.05, 0.1) is 6.10 Å². The second-order valence-corrected chi connectivity index (χ2v) is 3.13. The molecule has 2 atom stereocenters. The van der Waals surface area contributed by atoms with Gasteiger partial charge in [0, 0.05) is 18.2 Å². The molecule has 0 bridgehead atoms. The fraction of sp³-hybridized carbons (Fsp3) is 0.750. The van der Waals surface area contributed by atoms with Gasteiger partial charge in [0.2, 0.25) is 0 Å². The normalized spacial score (nSPS) is 27.9. The summed E-state index contributed by atoms with van der Waals surface area (Å²) in [5.74, 6) is 0.265. The molecular formula is C8H16N2O. The van der Waals surface area contributed by atoms with E-state index in [2.05, 4.69) is 11.9 Å². The molecule has 4 N–H and O–H groups in total. The lowest BCUT2D eigenvalue weighted by Crippen LogP contribution is -2.38. The molecule has 1 fully saturated rings. The molecule has 0 spiro atoms. The van der Waals surface area contributed by atoms with Gasteiger partial charge in [0.1, 0.15) is 0 Å². The molecule has 64 valence electrons. The van der Waals surface area contributed by atoms with Gasteiger partial charge in [-0.15, -0.1) is 0 Å². The van der Waals surface area contributed by atoms with Gasteiger partial charge in [-0.2, -0.15) is 0 Å². The number of hydrogen-bond donors (Lipinski definition) is 3. The summed E-state index contributed by atoms with van der Waals surface area (Å²) in [6, 6.07) is 0. The fourth-order valence-corrected chi connectivity index (χ4v) is 1.45. The van der Waals surface area contributed by atoms with Gasteiger partial charge in [-0.05, 0) is 19.4 Å². The van der Waals surface area contributed by atoms with Crippen molar-refractivity contribution < 1.29 is 5.11 Å². The van der Waals surface area contributed by atoms with Crippen LogP contribution in [0.2, 0.25) is 0 Å². The average Bonchev–Trinajstić information content (AvgIpc) is 2.05. The largest absolute Gasteiger partial charge is 0.400 e. The Morgan fingerprint density at radius 3 is 2.91 bits per heavy atom. The van der Waals surface area contributed by atoms with E-state index >= 15 is 0 Å². The van der Waals surface area contributed by atoms with Crippen LogP contribution >= 0.6 is 0 Å². The third kappa shape index (κ3) is 2.20. The lowest BCUT2D eigenvalue weighted by molar-refractivity contribution is 0.122. The molecule has 0 saturated carbocycles. The molecule has 1 rings (SSSR count). The van der Waals surface area contributed by atoms with Crippen LogP contribution in [0.4, 0.5) is 0 Å². The van der Waals surface area contributed by atoms with Crippen molar-refractivity contribution in [2.45, 2.75) is 18.9 Å². The maximum absolute atomic E-state index is 9.49. The van der Waals surface area contributed by atoms with Crippen LogP contribution in [0.3, 0.4) is 0 Å². The number of nitrogens with two attached hydrogens (primary N) is 1. The standard InChI is InChI=1S/C8H16N2O/c1-6(9)8(11)7-3-2-4-10-5-7/h7-8,10-11H,1-5,9H2. The summed E-state index contributed by atoms with van der Waals surface area (Å²) in [7, 11) is 0. The highest BCUT2D eigenvalue weighted by Gasteiger charge is 2.21. The summed E-state index contributed by atoms with van der Waals surface area (Å²) in [4.78, 5) is 0. The van der Waals surface area contributed by atoms with E-state index < -0.39 is 6.10 Å².